The molecule has 0 saturated heterocycles. The van der Waals surface area contributed by atoms with Gasteiger partial charge in [-0.2, -0.15) is 0 Å². The Morgan fingerprint density at radius 3 is 2.93 bits per heavy atom. The Kier molecular flexibility index (Phi) is 3.99. The molecule has 0 radical (unpaired) electrons. The highest BCUT2D eigenvalue weighted by molar-refractivity contribution is 8.01. The van der Waals surface area contributed by atoms with Gasteiger partial charge in [-0.25, -0.2) is 0 Å². The molecule has 15 heavy (non-hydrogen) atoms. The van der Waals surface area contributed by atoms with E-state index in [9.17, 15) is 0 Å². The van der Waals surface area contributed by atoms with Crippen molar-refractivity contribution in [1.29, 1.82) is 0 Å². The highest BCUT2D eigenvalue weighted by Gasteiger charge is 2.27. The predicted octanol–water partition coefficient (Wildman–Crippen LogP) is 2.33. The van der Waals surface area contributed by atoms with Gasteiger partial charge in [-0.3, -0.25) is 0 Å². The Labute approximate surface area is 99.1 Å². The van der Waals surface area contributed by atoms with Gasteiger partial charge in [0.05, 0.1) is 0 Å². The number of aromatic nitrogens is 2. The lowest BCUT2D eigenvalue weighted by atomic mass is 10.2. The molecule has 0 aromatic carbocycles. The summed E-state index contributed by atoms with van der Waals surface area (Å²) in [7, 11) is 0. The fraction of sp³-hybridized carbons (Fsp3) is 0.800. The molecular weight excluding hydrogens is 226 g/mol. The molecule has 1 aromatic heterocycles. The molecule has 2 rings (SSSR count). The molecule has 1 heterocycles. The van der Waals surface area contributed by atoms with Crippen LogP contribution in [-0.4, -0.2) is 28.5 Å². The van der Waals surface area contributed by atoms with Gasteiger partial charge >= 0.3 is 0 Å². The average molecular weight is 243 g/mol. The van der Waals surface area contributed by atoms with Gasteiger partial charge in [0, 0.05) is 18.3 Å². The zero-order chi connectivity index (χ0) is 10.7. The van der Waals surface area contributed by atoms with Crippen LogP contribution in [0.2, 0.25) is 0 Å². The molecule has 3 nitrogen and oxygen atoms in total. The molecule has 1 saturated carbocycles. The molecule has 0 aliphatic heterocycles. The standard InChI is InChI=1S/C10H17N3S2/c1-7(9-3-4-9)11-5-6-14-10-13-12-8(2)15-10/h7,9,11H,3-6H2,1-2H3. The first-order valence-corrected chi connectivity index (χ1v) is 7.22. The third-order valence-corrected chi connectivity index (χ3v) is 4.60. The highest BCUT2D eigenvalue weighted by atomic mass is 32.2. The van der Waals surface area contributed by atoms with E-state index in [1.54, 1.807) is 23.1 Å². The quantitative estimate of drug-likeness (QED) is 0.615. The summed E-state index contributed by atoms with van der Waals surface area (Å²) in [5.41, 5.74) is 0. The maximum absolute atomic E-state index is 4.08. The highest BCUT2D eigenvalue weighted by Crippen LogP contribution is 2.32. The van der Waals surface area contributed by atoms with Gasteiger partial charge in [-0.05, 0) is 32.6 Å². The lowest BCUT2D eigenvalue weighted by molar-refractivity contribution is 0.514. The Balaban J connectivity index is 1.58. The van der Waals surface area contributed by atoms with Crippen LogP contribution in [0.3, 0.4) is 0 Å². The van der Waals surface area contributed by atoms with Crippen LogP contribution in [0.15, 0.2) is 4.34 Å². The summed E-state index contributed by atoms with van der Waals surface area (Å²) in [5, 5.41) is 12.7. The van der Waals surface area contributed by atoms with Crippen LogP contribution in [0.1, 0.15) is 24.8 Å². The van der Waals surface area contributed by atoms with E-state index in [1.165, 1.54) is 12.8 Å². The number of hydrogen-bond donors (Lipinski definition) is 1. The van der Waals surface area contributed by atoms with Gasteiger partial charge < -0.3 is 5.32 Å². The molecule has 1 aliphatic carbocycles. The van der Waals surface area contributed by atoms with Gasteiger partial charge in [0.25, 0.3) is 0 Å². The van der Waals surface area contributed by atoms with E-state index >= 15 is 0 Å². The van der Waals surface area contributed by atoms with Crippen molar-refractivity contribution in [3.05, 3.63) is 5.01 Å². The first-order chi connectivity index (χ1) is 7.25. The monoisotopic (exact) mass is 243 g/mol. The smallest absolute Gasteiger partial charge is 0.174 e. The SMILES string of the molecule is Cc1nnc(SCCNC(C)C2CC2)s1. The summed E-state index contributed by atoms with van der Waals surface area (Å²) in [5.74, 6) is 2.03. The van der Waals surface area contributed by atoms with E-state index in [0.29, 0.717) is 6.04 Å². The van der Waals surface area contributed by atoms with Crippen molar-refractivity contribution in [3.63, 3.8) is 0 Å². The number of hydrogen-bond acceptors (Lipinski definition) is 5. The maximum Gasteiger partial charge on any atom is 0.174 e. The van der Waals surface area contributed by atoms with E-state index in [0.717, 1.165) is 27.6 Å². The third-order valence-electron chi connectivity index (χ3n) is 2.63. The molecule has 0 spiro atoms. The second-order valence-corrected chi connectivity index (χ2v) is 6.54. The number of thioether (sulfide) groups is 1. The summed E-state index contributed by atoms with van der Waals surface area (Å²) in [4.78, 5) is 0. The van der Waals surface area contributed by atoms with Crippen molar-refractivity contribution < 1.29 is 0 Å². The van der Waals surface area contributed by atoms with Crippen LogP contribution >= 0.6 is 23.1 Å². The number of nitrogens with one attached hydrogen (secondary N) is 1. The van der Waals surface area contributed by atoms with Gasteiger partial charge in [-0.15, -0.1) is 10.2 Å². The molecule has 1 unspecified atom stereocenters. The zero-order valence-electron chi connectivity index (χ0n) is 9.19. The molecule has 1 N–H and O–H groups in total. The van der Waals surface area contributed by atoms with Crippen LogP contribution in [-0.2, 0) is 0 Å². The minimum atomic E-state index is 0.696. The van der Waals surface area contributed by atoms with Crippen molar-refractivity contribution >= 4 is 23.1 Å². The largest absolute Gasteiger partial charge is 0.313 e. The number of nitrogens with zero attached hydrogens (tertiary/aromatic N) is 2. The van der Waals surface area contributed by atoms with Crippen LogP contribution in [0.4, 0.5) is 0 Å². The van der Waals surface area contributed by atoms with Crippen LogP contribution < -0.4 is 5.32 Å². The Hall–Kier alpha value is -0.130. The second-order valence-electron chi connectivity index (χ2n) is 4.02. The van der Waals surface area contributed by atoms with Crippen molar-refractivity contribution in [2.45, 2.75) is 37.1 Å². The predicted molar refractivity (Wildman–Crippen MR) is 65.6 cm³/mol. The van der Waals surface area contributed by atoms with Crippen LogP contribution in [0.25, 0.3) is 0 Å². The molecule has 5 heteroatoms. The molecular formula is C10H17N3S2. The third kappa shape index (κ3) is 3.74. The van der Waals surface area contributed by atoms with Gasteiger partial charge in [0.15, 0.2) is 4.34 Å². The molecule has 0 amide bonds. The second kappa shape index (κ2) is 5.27. The summed E-state index contributed by atoms with van der Waals surface area (Å²) < 4.78 is 1.09. The summed E-state index contributed by atoms with van der Waals surface area (Å²) in [6.07, 6.45) is 2.83. The minimum absolute atomic E-state index is 0.696. The van der Waals surface area contributed by atoms with Crippen molar-refractivity contribution in [1.82, 2.24) is 15.5 Å². The number of rotatable bonds is 6. The van der Waals surface area contributed by atoms with Crippen LogP contribution in [0, 0.1) is 12.8 Å². The van der Waals surface area contributed by atoms with E-state index in [-0.39, 0.29) is 0 Å². The molecule has 1 fully saturated rings. The van der Waals surface area contributed by atoms with Gasteiger partial charge in [0.1, 0.15) is 5.01 Å². The van der Waals surface area contributed by atoms with E-state index in [4.69, 9.17) is 0 Å². The van der Waals surface area contributed by atoms with Gasteiger partial charge in [-0.1, -0.05) is 23.1 Å². The van der Waals surface area contributed by atoms with E-state index in [2.05, 4.69) is 22.4 Å². The topological polar surface area (TPSA) is 37.8 Å². The zero-order valence-corrected chi connectivity index (χ0v) is 10.8. The fourth-order valence-corrected chi connectivity index (χ4v) is 3.28. The summed E-state index contributed by atoms with van der Waals surface area (Å²) >= 11 is 3.48. The normalized spacial score (nSPS) is 18.0. The van der Waals surface area contributed by atoms with E-state index in [1.807, 2.05) is 6.92 Å². The lowest BCUT2D eigenvalue weighted by Crippen LogP contribution is -2.29. The first kappa shape index (κ1) is 11.4. The first-order valence-electron chi connectivity index (χ1n) is 5.42. The maximum atomic E-state index is 4.08. The average Bonchev–Trinajstić information content (AvgIpc) is 2.98. The molecule has 1 atom stereocenters. The minimum Gasteiger partial charge on any atom is -0.313 e. The lowest BCUT2D eigenvalue weighted by Gasteiger charge is -2.11. The van der Waals surface area contributed by atoms with Crippen molar-refractivity contribution in [2.24, 2.45) is 5.92 Å². The van der Waals surface area contributed by atoms with Crippen LogP contribution in [0.5, 0.6) is 0 Å². The molecule has 1 aromatic rings. The van der Waals surface area contributed by atoms with Gasteiger partial charge in [0.2, 0.25) is 0 Å². The summed E-state index contributed by atoms with van der Waals surface area (Å²) in [6, 6.07) is 0.696. The summed E-state index contributed by atoms with van der Waals surface area (Å²) in [6.45, 7) is 5.35. The number of aryl methyl sites for hydroxylation is 1. The molecule has 1 aliphatic rings. The van der Waals surface area contributed by atoms with Crippen molar-refractivity contribution in [2.75, 3.05) is 12.3 Å². The Bertz CT molecular complexity index is 309. The fourth-order valence-electron chi connectivity index (χ4n) is 1.52. The molecule has 0 bridgehead atoms. The molecule has 84 valence electrons. The Morgan fingerprint density at radius 1 is 1.53 bits per heavy atom. The Morgan fingerprint density at radius 2 is 2.33 bits per heavy atom. The van der Waals surface area contributed by atoms with E-state index < -0.39 is 0 Å². The van der Waals surface area contributed by atoms with Crippen molar-refractivity contribution in [3.8, 4) is 0 Å².